The number of hydrogen-bond donors (Lipinski definition) is 0. The summed E-state index contributed by atoms with van der Waals surface area (Å²) >= 11 is 0. The van der Waals surface area contributed by atoms with Gasteiger partial charge in [0.2, 0.25) is 0 Å². The summed E-state index contributed by atoms with van der Waals surface area (Å²) in [5.74, 6) is -1.19. The fraction of sp³-hybridized carbons (Fsp3) is 0.429. The molecule has 0 saturated carbocycles. The summed E-state index contributed by atoms with van der Waals surface area (Å²) in [6.45, 7) is 1.85. The maximum Gasteiger partial charge on any atom is 0.154 e. The Morgan fingerprint density at radius 1 is 1.56 bits per heavy atom. The minimum absolute atomic E-state index is 0.143. The molecule has 1 rings (SSSR count). The van der Waals surface area contributed by atoms with Gasteiger partial charge in [0.25, 0.3) is 0 Å². The van der Waals surface area contributed by atoms with Gasteiger partial charge in [-0.25, -0.2) is 8.78 Å². The van der Waals surface area contributed by atoms with Crippen molar-refractivity contribution >= 4 is 0 Å². The van der Waals surface area contributed by atoms with E-state index in [-0.39, 0.29) is 12.3 Å². The number of rotatable bonds is 0. The van der Waals surface area contributed by atoms with E-state index >= 15 is 0 Å². The van der Waals surface area contributed by atoms with Crippen LogP contribution < -0.4 is 0 Å². The fourth-order valence-electron chi connectivity index (χ4n) is 0.787. The van der Waals surface area contributed by atoms with E-state index in [2.05, 4.69) is 0 Å². The number of allylic oxidation sites excluding steroid dienone is 4. The second-order valence-corrected chi connectivity index (χ2v) is 2.29. The molecule has 0 fully saturated rings. The second-order valence-electron chi connectivity index (χ2n) is 2.29. The lowest BCUT2D eigenvalue weighted by Gasteiger charge is -2.08. The first-order valence-corrected chi connectivity index (χ1v) is 2.92. The molecular formula is C7H8F2. The van der Waals surface area contributed by atoms with Crippen molar-refractivity contribution in [1.29, 1.82) is 0 Å². The van der Waals surface area contributed by atoms with Crippen LogP contribution in [0.3, 0.4) is 0 Å². The van der Waals surface area contributed by atoms with Crippen LogP contribution in [0.25, 0.3) is 0 Å². The summed E-state index contributed by atoms with van der Waals surface area (Å²) in [4.78, 5) is 0. The zero-order valence-electron chi connectivity index (χ0n) is 5.20. The molecule has 0 aromatic carbocycles. The van der Waals surface area contributed by atoms with Crippen LogP contribution in [0, 0.1) is 5.92 Å². The summed E-state index contributed by atoms with van der Waals surface area (Å²) in [5.41, 5.74) is 0. The molecule has 0 aromatic rings. The third kappa shape index (κ3) is 1.37. The average Bonchev–Trinajstić information content (AvgIpc) is 1.80. The van der Waals surface area contributed by atoms with Gasteiger partial charge in [-0.1, -0.05) is 13.0 Å². The van der Waals surface area contributed by atoms with Gasteiger partial charge >= 0.3 is 0 Å². The van der Waals surface area contributed by atoms with Crippen molar-refractivity contribution in [3.05, 3.63) is 23.8 Å². The average molecular weight is 130 g/mol. The van der Waals surface area contributed by atoms with E-state index in [9.17, 15) is 8.78 Å². The lowest BCUT2D eigenvalue weighted by atomic mass is 10.0. The molecule has 0 spiro atoms. The first-order chi connectivity index (χ1) is 4.20. The predicted molar refractivity (Wildman–Crippen MR) is 32.2 cm³/mol. The largest absolute Gasteiger partial charge is 0.209 e. The Morgan fingerprint density at radius 2 is 2.22 bits per heavy atom. The van der Waals surface area contributed by atoms with Gasteiger partial charge in [0.05, 0.1) is 0 Å². The molecule has 0 amide bonds. The minimum atomic E-state index is -0.715. The Morgan fingerprint density at radius 3 is 2.67 bits per heavy atom. The topological polar surface area (TPSA) is 0 Å². The van der Waals surface area contributed by atoms with Gasteiger partial charge in [-0.2, -0.15) is 0 Å². The lowest BCUT2D eigenvalue weighted by molar-refractivity contribution is 0.480. The van der Waals surface area contributed by atoms with Gasteiger partial charge in [-0.15, -0.1) is 0 Å². The smallest absolute Gasteiger partial charge is 0.154 e. The summed E-state index contributed by atoms with van der Waals surface area (Å²) in [6.07, 6.45) is 3.06. The molecule has 50 valence electrons. The first-order valence-electron chi connectivity index (χ1n) is 2.92. The van der Waals surface area contributed by atoms with Crippen molar-refractivity contribution in [3.63, 3.8) is 0 Å². The molecule has 0 radical (unpaired) electrons. The molecule has 2 heteroatoms. The Labute approximate surface area is 52.9 Å². The molecule has 0 heterocycles. The highest BCUT2D eigenvalue weighted by Crippen LogP contribution is 2.24. The van der Waals surface area contributed by atoms with Crippen molar-refractivity contribution in [2.75, 3.05) is 0 Å². The van der Waals surface area contributed by atoms with Crippen LogP contribution >= 0.6 is 0 Å². The normalized spacial score (nSPS) is 27.2. The van der Waals surface area contributed by atoms with Gasteiger partial charge in [0.1, 0.15) is 5.83 Å². The van der Waals surface area contributed by atoms with Crippen LogP contribution in [0.2, 0.25) is 0 Å². The van der Waals surface area contributed by atoms with Crippen LogP contribution in [0.1, 0.15) is 13.3 Å². The SMILES string of the molecule is CC1C=CC(F)=C(F)C1. The van der Waals surface area contributed by atoms with Gasteiger partial charge in [-0.05, 0) is 12.0 Å². The van der Waals surface area contributed by atoms with Gasteiger partial charge in [-0.3, -0.25) is 0 Å². The predicted octanol–water partition coefficient (Wildman–Crippen LogP) is 2.73. The summed E-state index contributed by atoms with van der Waals surface area (Å²) in [6, 6.07) is 0. The number of hydrogen-bond acceptors (Lipinski definition) is 0. The van der Waals surface area contributed by atoms with E-state index in [4.69, 9.17) is 0 Å². The summed E-state index contributed by atoms with van der Waals surface area (Å²) in [5, 5.41) is 0. The Balaban J connectivity index is 2.75. The molecule has 9 heavy (non-hydrogen) atoms. The molecule has 0 aromatic heterocycles. The maximum atomic E-state index is 12.3. The molecule has 0 nitrogen and oxygen atoms in total. The van der Waals surface area contributed by atoms with E-state index in [0.29, 0.717) is 0 Å². The highest BCUT2D eigenvalue weighted by molar-refractivity contribution is 5.20. The van der Waals surface area contributed by atoms with Crippen LogP contribution in [0.4, 0.5) is 8.78 Å². The molecule has 0 aliphatic heterocycles. The minimum Gasteiger partial charge on any atom is -0.209 e. The lowest BCUT2D eigenvalue weighted by Crippen LogP contribution is -1.95. The van der Waals surface area contributed by atoms with Crippen molar-refractivity contribution < 1.29 is 8.78 Å². The molecular weight excluding hydrogens is 122 g/mol. The molecule has 1 unspecified atom stereocenters. The monoisotopic (exact) mass is 130 g/mol. The van der Waals surface area contributed by atoms with E-state index in [0.717, 1.165) is 0 Å². The summed E-state index contributed by atoms with van der Waals surface area (Å²) in [7, 11) is 0. The molecule has 0 N–H and O–H groups in total. The van der Waals surface area contributed by atoms with Crippen LogP contribution in [0.15, 0.2) is 23.8 Å². The Kier molecular flexibility index (Phi) is 1.65. The Bertz CT molecular complexity index is 168. The van der Waals surface area contributed by atoms with Crippen LogP contribution in [-0.4, -0.2) is 0 Å². The molecule has 1 aliphatic rings. The molecule has 0 bridgehead atoms. The maximum absolute atomic E-state index is 12.3. The van der Waals surface area contributed by atoms with Gasteiger partial charge in [0, 0.05) is 6.42 Å². The van der Waals surface area contributed by atoms with Gasteiger partial charge in [0.15, 0.2) is 5.83 Å². The second kappa shape index (κ2) is 2.29. The van der Waals surface area contributed by atoms with Crippen LogP contribution in [-0.2, 0) is 0 Å². The molecule has 1 atom stereocenters. The summed E-state index contributed by atoms with van der Waals surface area (Å²) < 4.78 is 24.4. The van der Waals surface area contributed by atoms with E-state index in [1.807, 2.05) is 6.92 Å². The third-order valence-electron chi connectivity index (χ3n) is 1.33. The van der Waals surface area contributed by atoms with Crippen molar-refractivity contribution in [2.45, 2.75) is 13.3 Å². The van der Waals surface area contributed by atoms with E-state index in [1.54, 1.807) is 6.08 Å². The molecule has 0 saturated heterocycles. The zero-order valence-corrected chi connectivity index (χ0v) is 5.20. The fourth-order valence-corrected chi connectivity index (χ4v) is 0.787. The van der Waals surface area contributed by atoms with E-state index in [1.165, 1.54) is 6.08 Å². The van der Waals surface area contributed by atoms with Gasteiger partial charge < -0.3 is 0 Å². The zero-order chi connectivity index (χ0) is 6.85. The third-order valence-corrected chi connectivity index (χ3v) is 1.33. The van der Waals surface area contributed by atoms with Crippen LogP contribution in [0.5, 0.6) is 0 Å². The Hall–Kier alpha value is -0.660. The van der Waals surface area contributed by atoms with Crippen molar-refractivity contribution in [1.82, 2.24) is 0 Å². The van der Waals surface area contributed by atoms with E-state index < -0.39 is 11.7 Å². The standard InChI is InChI=1S/C7H8F2/c1-5-2-3-6(8)7(9)4-5/h2-3,5H,4H2,1H3. The quantitative estimate of drug-likeness (QED) is 0.473. The molecule has 1 aliphatic carbocycles. The van der Waals surface area contributed by atoms with Crippen molar-refractivity contribution in [2.24, 2.45) is 5.92 Å². The highest BCUT2D eigenvalue weighted by Gasteiger charge is 2.11. The number of halogens is 2. The van der Waals surface area contributed by atoms with Crippen molar-refractivity contribution in [3.8, 4) is 0 Å². The highest BCUT2D eigenvalue weighted by atomic mass is 19.2. The first kappa shape index (κ1) is 6.46.